The molecule has 1 fully saturated rings. The fraction of sp³-hybridized carbons (Fsp3) is 0.0800. The molecule has 8 heteroatoms. The number of thioether (sulfide) groups is 1. The third-order valence-corrected chi connectivity index (χ3v) is 6.13. The summed E-state index contributed by atoms with van der Waals surface area (Å²) in [6.45, 7) is 1.79. The SMILES string of the molecule is Cc1ccccc1NC(=O)COc1ccc(/C=C2/SC(=S)N(c3cccc(F)c3)C2=O)cc1. The number of benzene rings is 3. The Morgan fingerprint density at radius 2 is 1.88 bits per heavy atom. The van der Waals surface area contributed by atoms with E-state index in [2.05, 4.69) is 5.32 Å². The normalized spacial score (nSPS) is 14.6. The van der Waals surface area contributed by atoms with Crippen molar-refractivity contribution in [3.63, 3.8) is 0 Å². The highest BCUT2D eigenvalue weighted by Gasteiger charge is 2.33. The predicted octanol–water partition coefficient (Wildman–Crippen LogP) is 5.56. The van der Waals surface area contributed by atoms with Gasteiger partial charge in [-0.15, -0.1) is 0 Å². The van der Waals surface area contributed by atoms with Gasteiger partial charge in [0, 0.05) is 5.69 Å². The van der Waals surface area contributed by atoms with Crippen molar-refractivity contribution in [3.8, 4) is 5.75 Å². The Kier molecular flexibility index (Phi) is 6.86. The van der Waals surface area contributed by atoms with E-state index in [0.717, 1.165) is 28.6 Å². The van der Waals surface area contributed by atoms with Gasteiger partial charge in [-0.1, -0.05) is 60.4 Å². The summed E-state index contributed by atoms with van der Waals surface area (Å²) in [6, 6.07) is 20.3. The number of para-hydroxylation sites is 1. The van der Waals surface area contributed by atoms with Gasteiger partial charge in [0.1, 0.15) is 11.6 Å². The number of nitrogens with zero attached hydrogens (tertiary/aromatic N) is 1. The Bertz CT molecular complexity index is 1260. The van der Waals surface area contributed by atoms with E-state index in [-0.39, 0.29) is 18.4 Å². The van der Waals surface area contributed by atoms with Crippen LogP contribution in [0.5, 0.6) is 5.75 Å². The van der Waals surface area contributed by atoms with Gasteiger partial charge in [-0.3, -0.25) is 14.5 Å². The minimum Gasteiger partial charge on any atom is -0.484 e. The maximum absolute atomic E-state index is 13.6. The van der Waals surface area contributed by atoms with E-state index in [1.54, 1.807) is 36.4 Å². The quantitative estimate of drug-likeness (QED) is 0.371. The number of carbonyl (C=O) groups excluding carboxylic acids is 2. The van der Waals surface area contributed by atoms with Crippen molar-refractivity contribution in [1.82, 2.24) is 0 Å². The Morgan fingerprint density at radius 3 is 2.61 bits per heavy atom. The van der Waals surface area contributed by atoms with Crippen molar-refractivity contribution in [1.29, 1.82) is 0 Å². The van der Waals surface area contributed by atoms with Gasteiger partial charge in [0.25, 0.3) is 11.8 Å². The van der Waals surface area contributed by atoms with Crippen molar-refractivity contribution in [3.05, 3.63) is 94.6 Å². The molecule has 1 aliphatic rings. The third-order valence-electron chi connectivity index (χ3n) is 4.83. The van der Waals surface area contributed by atoms with Gasteiger partial charge < -0.3 is 10.1 Å². The Hall–Kier alpha value is -3.49. The maximum Gasteiger partial charge on any atom is 0.270 e. The zero-order chi connectivity index (χ0) is 23.4. The number of thiocarbonyl (C=S) groups is 1. The van der Waals surface area contributed by atoms with Crippen LogP contribution in [0.3, 0.4) is 0 Å². The summed E-state index contributed by atoms with van der Waals surface area (Å²) in [7, 11) is 0. The van der Waals surface area contributed by atoms with Gasteiger partial charge >= 0.3 is 0 Å². The number of aryl methyl sites for hydroxylation is 1. The van der Waals surface area contributed by atoms with Crippen LogP contribution >= 0.6 is 24.0 Å². The highest BCUT2D eigenvalue weighted by Crippen LogP contribution is 2.36. The average molecular weight is 479 g/mol. The number of amides is 2. The lowest BCUT2D eigenvalue weighted by Crippen LogP contribution is -2.27. The number of ether oxygens (including phenoxy) is 1. The maximum atomic E-state index is 13.6. The van der Waals surface area contributed by atoms with Crippen molar-refractivity contribution >= 4 is 57.6 Å². The van der Waals surface area contributed by atoms with E-state index >= 15 is 0 Å². The monoisotopic (exact) mass is 478 g/mol. The second kappa shape index (κ2) is 9.97. The van der Waals surface area contributed by atoms with Crippen LogP contribution in [0.15, 0.2) is 77.7 Å². The molecule has 3 aromatic carbocycles. The van der Waals surface area contributed by atoms with Gasteiger partial charge in [-0.2, -0.15) is 0 Å². The van der Waals surface area contributed by atoms with E-state index in [1.807, 2.05) is 31.2 Å². The van der Waals surface area contributed by atoms with E-state index in [4.69, 9.17) is 17.0 Å². The van der Waals surface area contributed by atoms with Crippen LogP contribution in [0.1, 0.15) is 11.1 Å². The van der Waals surface area contributed by atoms with Gasteiger partial charge in [-0.25, -0.2) is 4.39 Å². The lowest BCUT2D eigenvalue weighted by molar-refractivity contribution is -0.118. The molecule has 0 spiro atoms. The first-order valence-electron chi connectivity index (χ1n) is 10.0. The molecule has 0 aromatic heterocycles. The van der Waals surface area contributed by atoms with Gasteiger partial charge in [-0.05, 0) is 60.5 Å². The average Bonchev–Trinajstić information content (AvgIpc) is 3.07. The van der Waals surface area contributed by atoms with Crippen molar-refractivity contribution in [2.45, 2.75) is 6.92 Å². The predicted molar refractivity (Wildman–Crippen MR) is 134 cm³/mol. The molecule has 166 valence electrons. The molecule has 1 saturated heterocycles. The zero-order valence-electron chi connectivity index (χ0n) is 17.6. The fourth-order valence-corrected chi connectivity index (χ4v) is 4.46. The van der Waals surface area contributed by atoms with E-state index in [1.165, 1.54) is 23.1 Å². The van der Waals surface area contributed by atoms with Crippen LogP contribution < -0.4 is 15.0 Å². The highest BCUT2D eigenvalue weighted by atomic mass is 32.2. The first kappa shape index (κ1) is 22.7. The first-order valence-corrected chi connectivity index (χ1v) is 11.2. The smallest absolute Gasteiger partial charge is 0.270 e. The van der Waals surface area contributed by atoms with Crippen LogP contribution in [0.4, 0.5) is 15.8 Å². The molecule has 1 heterocycles. The van der Waals surface area contributed by atoms with Crippen molar-refractivity contribution in [2.75, 3.05) is 16.8 Å². The summed E-state index contributed by atoms with van der Waals surface area (Å²) < 4.78 is 19.5. The van der Waals surface area contributed by atoms with Crippen LogP contribution in [0.2, 0.25) is 0 Å². The van der Waals surface area contributed by atoms with Crippen molar-refractivity contribution in [2.24, 2.45) is 0 Å². The van der Waals surface area contributed by atoms with Gasteiger partial charge in [0.2, 0.25) is 0 Å². The van der Waals surface area contributed by atoms with Crippen LogP contribution in [-0.2, 0) is 9.59 Å². The zero-order valence-corrected chi connectivity index (χ0v) is 19.2. The molecule has 2 amide bonds. The van der Waals surface area contributed by atoms with Crippen molar-refractivity contribution < 1.29 is 18.7 Å². The molecular formula is C25H19FN2O3S2. The van der Waals surface area contributed by atoms with E-state index < -0.39 is 5.82 Å². The second-order valence-electron chi connectivity index (χ2n) is 7.22. The molecule has 4 rings (SSSR count). The van der Waals surface area contributed by atoms with Gasteiger partial charge in [0.05, 0.1) is 10.6 Å². The second-order valence-corrected chi connectivity index (χ2v) is 8.89. The Balaban J connectivity index is 1.38. The minimum absolute atomic E-state index is 0.125. The largest absolute Gasteiger partial charge is 0.484 e. The summed E-state index contributed by atoms with van der Waals surface area (Å²) in [4.78, 5) is 26.7. The summed E-state index contributed by atoms with van der Waals surface area (Å²) in [5.74, 6) is -0.466. The lowest BCUT2D eigenvalue weighted by atomic mass is 10.2. The summed E-state index contributed by atoms with van der Waals surface area (Å²) >= 11 is 6.48. The molecular weight excluding hydrogens is 459 g/mol. The highest BCUT2D eigenvalue weighted by molar-refractivity contribution is 8.27. The number of carbonyl (C=O) groups is 2. The standard InChI is InChI=1S/C25H19FN2O3S2/c1-16-5-2-3-8-21(16)27-23(29)15-31-20-11-9-17(10-12-20)13-22-24(30)28(25(32)33-22)19-7-4-6-18(26)14-19/h2-14H,15H2,1H3,(H,27,29)/b22-13+. The molecule has 5 nitrogen and oxygen atoms in total. The molecule has 3 aromatic rings. The number of nitrogens with one attached hydrogen (secondary N) is 1. The summed E-state index contributed by atoms with van der Waals surface area (Å²) in [5, 5.41) is 2.82. The molecule has 0 saturated carbocycles. The fourth-order valence-electron chi connectivity index (χ4n) is 3.17. The molecule has 1 N–H and O–H groups in total. The number of anilines is 2. The van der Waals surface area contributed by atoms with Gasteiger partial charge in [0.15, 0.2) is 10.9 Å². The molecule has 0 radical (unpaired) electrons. The molecule has 0 bridgehead atoms. The Labute approximate surface area is 200 Å². The molecule has 0 atom stereocenters. The number of rotatable bonds is 6. The molecule has 33 heavy (non-hydrogen) atoms. The molecule has 1 aliphatic heterocycles. The van der Waals surface area contributed by atoms with E-state index in [9.17, 15) is 14.0 Å². The number of hydrogen-bond acceptors (Lipinski definition) is 5. The summed E-state index contributed by atoms with van der Waals surface area (Å²) in [6.07, 6.45) is 1.72. The topological polar surface area (TPSA) is 58.6 Å². The number of hydrogen-bond donors (Lipinski definition) is 1. The number of halogens is 1. The van der Waals surface area contributed by atoms with E-state index in [0.29, 0.717) is 20.7 Å². The first-order chi connectivity index (χ1) is 15.9. The van der Waals surface area contributed by atoms with Crippen LogP contribution in [0, 0.1) is 12.7 Å². The Morgan fingerprint density at radius 1 is 1.12 bits per heavy atom. The minimum atomic E-state index is -0.436. The third kappa shape index (κ3) is 5.47. The van der Waals surface area contributed by atoms with Crippen LogP contribution in [0.25, 0.3) is 6.08 Å². The summed E-state index contributed by atoms with van der Waals surface area (Å²) in [5.41, 5.74) is 2.88. The van der Waals surface area contributed by atoms with Crippen LogP contribution in [-0.4, -0.2) is 22.7 Å². The lowest BCUT2D eigenvalue weighted by Gasteiger charge is -2.14. The molecule has 0 aliphatic carbocycles. The molecule has 0 unspecified atom stereocenters.